The van der Waals surface area contributed by atoms with Crippen LogP contribution in [0, 0.1) is 0 Å². The Morgan fingerprint density at radius 2 is 1.00 bits per heavy atom. The highest BCUT2D eigenvalue weighted by atomic mass is 16.5. The van der Waals surface area contributed by atoms with E-state index in [9.17, 15) is 0 Å². The van der Waals surface area contributed by atoms with Crippen molar-refractivity contribution in [2.45, 2.75) is 24.9 Å². The van der Waals surface area contributed by atoms with Crippen molar-refractivity contribution in [1.82, 2.24) is 4.90 Å². The summed E-state index contributed by atoms with van der Waals surface area (Å²) in [7, 11) is 0. The number of nitrogens with zero attached hydrogens (tertiary/aromatic N) is 1. The first-order chi connectivity index (χ1) is 14.9. The predicted octanol–water partition coefficient (Wildman–Crippen LogP) is 6.70. The average molecular weight is 392 g/mol. The summed E-state index contributed by atoms with van der Waals surface area (Å²) >= 11 is 0. The largest absolute Gasteiger partial charge is 0.349 e. The van der Waals surface area contributed by atoms with Crippen LogP contribution in [0.5, 0.6) is 0 Å². The molecule has 1 saturated heterocycles. The van der Waals surface area contributed by atoms with Gasteiger partial charge in [-0.2, -0.15) is 0 Å². The van der Waals surface area contributed by atoms with Crippen LogP contribution in [0.4, 0.5) is 0 Å². The Morgan fingerprint density at radius 1 is 0.533 bits per heavy atom. The second-order valence-electron chi connectivity index (χ2n) is 7.74. The van der Waals surface area contributed by atoms with Crippen molar-refractivity contribution >= 4 is 0 Å². The van der Waals surface area contributed by atoms with Gasteiger partial charge >= 0.3 is 0 Å². The molecule has 0 saturated carbocycles. The Labute approximate surface area is 178 Å². The smallest absolute Gasteiger partial charge is 0.138 e. The quantitative estimate of drug-likeness (QED) is 0.375. The molecule has 1 heterocycles. The lowest BCUT2D eigenvalue weighted by Crippen LogP contribution is -2.27. The Bertz CT molecular complexity index is 1050. The molecule has 2 nitrogen and oxygen atoms in total. The van der Waals surface area contributed by atoms with Crippen molar-refractivity contribution in [2.75, 3.05) is 0 Å². The maximum Gasteiger partial charge on any atom is 0.138 e. The van der Waals surface area contributed by atoms with E-state index >= 15 is 0 Å². The highest BCUT2D eigenvalue weighted by Gasteiger charge is 2.44. The molecule has 0 radical (unpaired) electrons. The lowest BCUT2D eigenvalue weighted by molar-refractivity contribution is -0.00521. The molecule has 4 aromatic rings. The monoisotopic (exact) mass is 391 g/mol. The summed E-state index contributed by atoms with van der Waals surface area (Å²) in [6.07, 6.45) is -0.149. The standard InChI is InChI=1S/C28H25NO/c1-5-13-22(14-6-1)21-29-26(23-15-7-2-8-16-23)27(24-17-9-3-10-18-24)30-28(29)25-19-11-4-12-20-25/h1-20,26-28H,21H2/t26-,27-,28-/m1/s1. The normalized spacial score (nSPS) is 21.5. The van der Waals surface area contributed by atoms with Crippen molar-refractivity contribution < 1.29 is 4.74 Å². The van der Waals surface area contributed by atoms with Gasteiger partial charge in [-0.15, -0.1) is 0 Å². The Balaban J connectivity index is 1.62. The maximum atomic E-state index is 6.81. The van der Waals surface area contributed by atoms with Crippen molar-refractivity contribution in [3.05, 3.63) is 144 Å². The molecule has 3 atom stereocenters. The van der Waals surface area contributed by atoms with Gasteiger partial charge in [-0.05, 0) is 22.3 Å². The molecule has 0 unspecified atom stereocenters. The zero-order valence-corrected chi connectivity index (χ0v) is 16.8. The van der Waals surface area contributed by atoms with Gasteiger partial charge in [0.05, 0.1) is 6.04 Å². The van der Waals surface area contributed by atoms with Crippen LogP contribution in [-0.2, 0) is 11.3 Å². The van der Waals surface area contributed by atoms with E-state index in [4.69, 9.17) is 4.74 Å². The second-order valence-corrected chi connectivity index (χ2v) is 7.74. The van der Waals surface area contributed by atoms with E-state index in [1.54, 1.807) is 0 Å². The summed E-state index contributed by atoms with van der Waals surface area (Å²) < 4.78 is 6.81. The van der Waals surface area contributed by atoms with Gasteiger partial charge in [-0.25, -0.2) is 0 Å². The molecule has 5 rings (SSSR count). The van der Waals surface area contributed by atoms with E-state index in [0.717, 1.165) is 6.54 Å². The average Bonchev–Trinajstić information content (AvgIpc) is 3.20. The van der Waals surface area contributed by atoms with Gasteiger partial charge in [0, 0.05) is 6.54 Å². The molecule has 0 aliphatic carbocycles. The van der Waals surface area contributed by atoms with Crippen LogP contribution < -0.4 is 0 Å². The minimum Gasteiger partial charge on any atom is -0.349 e. The number of hydrogen-bond donors (Lipinski definition) is 0. The number of ether oxygens (including phenoxy) is 1. The van der Waals surface area contributed by atoms with Crippen LogP contribution in [-0.4, -0.2) is 4.90 Å². The maximum absolute atomic E-state index is 6.81. The third-order valence-corrected chi connectivity index (χ3v) is 5.78. The second kappa shape index (κ2) is 8.66. The first-order valence-electron chi connectivity index (χ1n) is 10.5. The summed E-state index contributed by atoms with van der Waals surface area (Å²) in [4.78, 5) is 2.50. The fourth-order valence-electron chi connectivity index (χ4n) is 4.39. The number of benzene rings is 4. The highest BCUT2D eigenvalue weighted by molar-refractivity contribution is 5.31. The molecule has 0 bridgehead atoms. The third-order valence-electron chi connectivity index (χ3n) is 5.78. The lowest BCUT2D eigenvalue weighted by Gasteiger charge is -2.29. The molecule has 4 aromatic carbocycles. The summed E-state index contributed by atoms with van der Waals surface area (Å²) in [5.74, 6) is 0. The molecule has 1 aliphatic heterocycles. The van der Waals surface area contributed by atoms with Crippen molar-refractivity contribution in [2.24, 2.45) is 0 Å². The van der Waals surface area contributed by atoms with Crippen molar-refractivity contribution in [3.8, 4) is 0 Å². The third kappa shape index (κ3) is 3.80. The van der Waals surface area contributed by atoms with Crippen LogP contribution in [0.2, 0.25) is 0 Å². The molecule has 0 spiro atoms. The van der Waals surface area contributed by atoms with Gasteiger partial charge in [-0.3, -0.25) is 4.90 Å². The molecular weight excluding hydrogens is 366 g/mol. The van der Waals surface area contributed by atoms with Crippen LogP contribution in [0.1, 0.15) is 40.6 Å². The summed E-state index contributed by atoms with van der Waals surface area (Å²) in [5, 5.41) is 0. The number of rotatable bonds is 5. The molecule has 1 fully saturated rings. The fourth-order valence-corrected chi connectivity index (χ4v) is 4.39. The van der Waals surface area contributed by atoms with Crippen LogP contribution in [0.15, 0.2) is 121 Å². The Kier molecular flexibility index (Phi) is 5.43. The first-order valence-corrected chi connectivity index (χ1v) is 10.5. The Hall–Kier alpha value is -3.20. The van der Waals surface area contributed by atoms with Gasteiger partial charge in [0.1, 0.15) is 12.3 Å². The predicted molar refractivity (Wildman–Crippen MR) is 121 cm³/mol. The molecule has 0 aromatic heterocycles. The lowest BCUT2D eigenvalue weighted by atomic mass is 9.95. The van der Waals surface area contributed by atoms with Crippen LogP contribution in [0.25, 0.3) is 0 Å². The van der Waals surface area contributed by atoms with E-state index < -0.39 is 0 Å². The van der Waals surface area contributed by atoms with Gasteiger partial charge in [-0.1, -0.05) is 121 Å². The fraction of sp³-hybridized carbons (Fsp3) is 0.143. The molecule has 30 heavy (non-hydrogen) atoms. The molecular formula is C28H25NO. The van der Waals surface area contributed by atoms with Crippen molar-refractivity contribution in [3.63, 3.8) is 0 Å². The van der Waals surface area contributed by atoms with Crippen LogP contribution in [0.3, 0.4) is 0 Å². The van der Waals surface area contributed by atoms with E-state index in [1.165, 1.54) is 22.3 Å². The summed E-state index contributed by atoms with van der Waals surface area (Å²) in [5.41, 5.74) is 4.97. The zero-order chi connectivity index (χ0) is 20.2. The van der Waals surface area contributed by atoms with Gasteiger partial charge in [0.2, 0.25) is 0 Å². The van der Waals surface area contributed by atoms with Gasteiger partial charge < -0.3 is 4.74 Å². The molecule has 148 valence electrons. The van der Waals surface area contributed by atoms with Gasteiger partial charge in [0.15, 0.2) is 0 Å². The molecule has 1 aliphatic rings. The molecule has 2 heteroatoms. The zero-order valence-electron chi connectivity index (χ0n) is 16.8. The topological polar surface area (TPSA) is 12.5 Å². The number of hydrogen-bond acceptors (Lipinski definition) is 2. The summed E-state index contributed by atoms with van der Waals surface area (Å²) in [6, 6.07) is 42.7. The SMILES string of the molecule is c1ccc(CN2[C@@H](c3ccccc3)O[C@H](c3ccccc3)[C@H]2c2ccccc2)cc1. The van der Waals surface area contributed by atoms with Crippen molar-refractivity contribution in [1.29, 1.82) is 0 Å². The minimum atomic E-state index is -0.109. The first kappa shape index (κ1) is 18.8. The minimum absolute atomic E-state index is 0.0393. The van der Waals surface area contributed by atoms with E-state index in [1.807, 2.05) is 0 Å². The van der Waals surface area contributed by atoms with E-state index in [0.29, 0.717) is 0 Å². The molecule has 0 N–H and O–H groups in total. The highest BCUT2D eigenvalue weighted by Crippen LogP contribution is 2.50. The van der Waals surface area contributed by atoms with E-state index in [2.05, 4.69) is 126 Å². The Morgan fingerprint density at radius 3 is 1.57 bits per heavy atom. The van der Waals surface area contributed by atoms with E-state index in [-0.39, 0.29) is 18.4 Å². The van der Waals surface area contributed by atoms with Crippen LogP contribution >= 0.6 is 0 Å². The van der Waals surface area contributed by atoms with Gasteiger partial charge in [0.25, 0.3) is 0 Å². The summed E-state index contributed by atoms with van der Waals surface area (Å²) in [6.45, 7) is 0.823. The molecule has 0 amide bonds.